The van der Waals surface area contributed by atoms with Crippen molar-refractivity contribution in [1.29, 1.82) is 5.26 Å². The Kier molecular flexibility index (Phi) is 7.74. The molecule has 0 bridgehead atoms. The molecule has 5 rings (SSSR count). The van der Waals surface area contributed by atoms with Gasteiger partial charge in [-0.2, -0.15) is 10.4 Å². The van der Waals surface area contributed by atoms with E-state index in [4.69, 9.17) is 10.00 Å². The van der Waals surface area contributed by atoms with Crippen LogP contribution >= 0.6 is 0 Å². The zero-order chi connectivity index (χ0) is 29.6. The van der Waals surface area contributed by atoms with Gasteiger partial charge in [-0.1, -0.05) is 12.1 Å². The summed E-state index contributed by atoms with van der Waals surface area (Å²) >= 11 is 0. The van der Waals surface area contributed by atoms with Gasteiger partial charge in [0.05, 0.1) is 27.2 Å². The molecule has 1 unspecified atom stereocenters. The molecule has 41 heavy (non-hydrogen) atoms. The van der Waals surface area contributed by atoms with E-state index in [0.29, 0.717) is 49.2 Å². The molecule has 1 atom stereocenters. The molecule has 1 saturated heterocycles. The van der Waals surface area contributed by atoms with Gasteiger partial charge in [0.15, 0.2) is 15.5 Å². The molecule has 220 valence electrons. The van der Waals surface area contributed by atoms with Crippen molar-refractivity contribution < 1.29 is 22.7 Å². The number of nitriles is 1. The summed E-state index contributed by atoms with van der Waals surface area (Å²) in [7, 11) is -0.258. The molecule has 2 aromatic rings. The third-order valence-corrected chi connectivity index (χ3v) is 12.0. The van der Waals surface area contributed by atoms with Crippen LogP contribution in [0.2, 0.25) is 0 Å². The van der Waals surface area contributed by atoms with E-state index >= 15 is 0 Å². The molecule has 2 aliphatic heterocycles. The van der Waals surface area contributed by atoms with Crippen LogP contribution in [0.1, 0.15) is 70.8 Å². The number of aromatic nitrogens is 2. The first kappa shape index (κ1) is 29.2. The van der Waals surface area contributed by atoms with Gasteiger partial charge in [-0.3, -0.25) is 19.2 Å². The minimum Gasteiger partial charge on any atom is -0.380 e. The number of sulfone groups is 1. The van der Waals surface area contributed by atoms with Crippen molar-refractivity contribution in [2.75, 3.05) is 39.8 Å². The van der Waals surface area contributed by atoms with Gasteiger partial charge < -0.3 is 15.0 Å². The number of hydrogen-bond acceptors (Lipinski definition) is 8. The van der Waals surface area contributed by atoms with Crippen molar-refractivity contribution in [3.63, 3.8) is 0 Å². The van der Waals surface area contributed by atoms with Gasteiger partial charge in [-0.15, -0.1) is 0 Å². The molecule has 3 heterocycles. The average molecular weight is 583 g/mol. The Hall–Kier alpha value is -3.27. The van der Waals surface area contributed by atoms with E-state index in [1.54, 1.807) is 57.2 Å². The number of carbonyl (C=O) groups excluding carboxylic acids is 2. The fraction of sp³-hybridized carbons (Fsp3) is 0.586. The Morgan fingerprint density at radius 1 is 1.24 bits per heavy atom. The largest absolute Gasteiger partial charge is 0.380 e. The number of nitrogens with zero attached hydrogens (tertiary/aromatic N) is 5. The number of rotatable bonds is 10. The topological polar surface area (TPSA) is 138 Å². The molecule has 3 aliphatic rings. The Morgan fingerprint density at radius 2 is 1.95 bits per heavy atom. The first-order valence-electron chi connectivity index (χ1n) is 14.0. The Labute approximate surface area is 241 Å². The van der Waals surface area contributed by atoms with E-state index in [2.05, 4.69) is 21.4 Å². The highest BCUT2D eigenvalue weighted by Crippen LogP contribution is 2.49. The molecule has 1 aliphatic carbocycles. The molecular weight excluding hydrogens is 544 g/mol. The highest BCUT2D eigenvalue weighted by atomic mass is 32.2. The van der Waals surface area contributed by atoms with Crippen LogP contribution in [0.4, 0.5) is 0 Å². The van der Waals surface area contributed by atoms with Gasteiger partial charge in [-0.05, 0) is 57.2 Å². The maximum absolute atomic E-state index is 14.0. The zero-order valence-electron chi connectivity index (χ0n) is 24.1. The van der Waals surface area contributed by atoms with Crippen LogP contribution in [0.15, 0.2) is 24.3 Å². The lowest BCUT2D eigenvalue weighted by molar-refractivity contribution is 0.0724. The van der Waals surface area contributed by atoms with Crippen LogP contribution in [0.5, 0.6) is 0 Å². The SMILES string of the molecule is COC1CCN(CC(C)(C)S(=O)(=O)C2(CN3CCc4c(C(=O)NCc5ccc(C#N)cc5)nn(C)c4C3=O)CC2)C1. The number of methoxy groups -OCH3 is 1. The van der Waals surface area contributed by atoms with E-state index in [0.717, 1.165) is 25.1 Å². The summed E-state index contributed by atoms with van der Waals surface area (Å²) in [4.78, 5) is 30.4. The van der Waals surface area contributed by atoms with Crippen molar-refractivity contribution in [1.82, 2.24) is 24.9 Å². The van der Waals surface area contributed by atoms with Crippen molar-refractivity contribution in [2.45, 2.75) is 61.7 Å². The van der Waals surface area contributed by atoms with E-state index in [1.165, 1.54) is 4.68 Å². The van der Waals surface area contributed by atoms with Crippen LogP contribution in [-0.4, -0.2) is 95.2 Å². The van der Waals surface area contributed by atoms with Crippen molar-refractivity contribution in [3.8, 4) is 6.07 Å². The molecule has 12 heteroatoms. The molecule has 1 saturated carbocycles. The summed E-state index contributed by atoms with van der Waals surface area (Å²) in [6.07, 6.45) is 2.50. The second kappa shape index (κ2) is 10.9. The standard InChI is InChI=1S/C29H38N6O5S/c1-28(2,18-34-13-9-22(17-34)40-4)41(38,39)29(11-12-29)19-35-14-10-23-24(32-33(3)25(23)27(35)37)26(36)31-16-21-7-5-20(15-30)6-8-21/h5-8,22H,9-14,16-19H2,1-4H3,(H,31,36). The summed E-state index contributed by atoms with van der Waals surface area (Å²) in [6, 6.07) is 9.00. The quantitative estimate of drug-likeness (QED) is 0.447. The van der Waals surface area contributed by atoms with E-state index < -0.39 is 19.3 Å². The minimum absolute atomic E-state index is 0.130. The first-order chi connectivity index (χ1) is 19.4. The highest BCUT2D eigenvalue weighted by Gasteiger charge is 2.61. The number of benzene rings is 1. The molecule has 2 fully saturated rings. The maximum Gasteiger partial charge on any atom is 0.272 e. The number of hydrogen-bond donors (Lipinski definition) is 1. The molecule has 1 aromatic heterocycles. The van der Waals surface area contributed by atoms with Gasteiger partial charge in [0.2, 0.25) is 0 Å². The summed E-state index contributed by atoms with van der Waals surface area (Å²) in [5.41, 5.74) is 2.50. The Bertz CT molecular complexity index is 1490. The van der Waals surface area contributed by atoms with Gasteiger partial charge in [-0.25, -0.2) is 8.42 Å². The Balaban J connectivity index is 1.27. The molecule has 11 nitrogen and oxygen atoms in total. The number of ether oxygens (including phenoxy) is 1. The minimum atomic E-state index is -3.58. The zero-order valence-corrected chi connectivity index (χ0v) is 25.0. The summed E-state index contributed by atoms with van der Waals surface area (Å²) in [5.74, 6) is -0.678. The number of likely N-dealkylation sites (tertiary alicyclic amines) is 1. The smallest absolute Gasteiger partial charge is 0.272 e. The molecule has 0 radical (unpaired) electrons. The predicted octanol–water partition coefficient (Wildman–Crippen LogP) is 1.67. The average Bonchev–Trinajstić information content (AvgIpc) is 3.48. The lowest BCUT2D eigenvalue weighted by Crippen LogP contribution is -2.53. The number of nitrogens with one attached hydrogen (secondary N) is 1. The van der Waals surface area contributed by atoms with Crippen molar-refractivity contribution in [2.24, 2.45) is 7.05 Å². The van der Waals surface area contributed by atoms with E-state index in [1.807, 2.05) is 0 Å². The molecule has 2 amide bonds. The van der Waals surface area contributed by atoms with Gasteiger partial charge in [0.1, 0.15) is 5.69 Å². The normalized spacial score (nSPS) is 20.5. The third-order valence-electron chi connectivity index (χ3n) is 8.77. The Morgan fingerprint density at radius 3 is 2.56 bits per heavy atom. The molecule has 1 aromatic carbocycles. The summed E-state index contributed by atoms with van der Waals surface area (Å²) in [6.45, 7) is 6.27. The van der Waals surface area contributed by atoms with E-state index in [-0.39, 0.29) is 36.7 Å². The monoisotopic (exact) mass is 582 g/mol. The first-order valence-corrected chi connectivity index (χ1v) is 15.5. The second-order valence-corrected chi connectivity index (χ2v) is 15.1. The highest BCUT2D eigenvalue weighted by molar-refractivity contribution is 7.94. The van der Waals surface area contributed by atoms with Gasteiger partial charge >= 0.3 is 0 Å². The fourth-order valence-electron chi connectivity index (χ4n) is 6.21. The number of aryl methyl sites for hydroxylation is 1. The van der Waals surface area contributed by atoms with Crippen molar-refractivity contribution >= 4 is 21.7 Å². The molecule has 1 N–H and O–H groups in total. The molecule has 0 spiro atoms. The number of amides is 2. The van der Waals surface area contributed by atoms with Crippen LogP contribution in [0.25, 0.3) is 0 Å². The number of carbonyl (C=O) groups is 2. The second-order valence-electron chi connectivity index (χ2n) is 12.1. The summed E-state index contributed by atoms with van der Waals surface area (Å²) < 4.78 is 33.0. The summed E-state index contributed by atoms with van der Waals surface area (Å²) in [5, 5.41) is 16.2. The lowest BCUT2D eigenvalue weighted by atomic mass is 10.0. The predicted molar refractivity (Wildman–Crippen MR) is 152 cm³/mol. The lowest BCUT2D eigenvalue weighted by Gasteiger charge is -2.37. The van der Waals surface area contributed by atoms with Crippen LogP contribution in [0.3, 0.4) is 0 Å². The number of fused-ring (bicyclic) bond motifs is 1. The molecular formula is C29H38N6O5S. The van der Waals surface area contributed by atoms with Crippen LogP contribution in [-0.2, 0) is 34.6 Å². The fourth-order valence-corrected chi connectivity index (χ4v) is 8.70. The van der Waals surface area contributed by atoms with E-state index in [9.17, 15) is 18.0 Å². The van der Waals surface area contributed by atoms with Crippen LogP contribution < -0.4 is 5.32 Å². The van der Waals surface area contributed by atoms with Gasteiger partial charge in [0.25, 0.3) is 11.8 Å². The third kappa shape index (κ3) is 5.38. The van der Waals surface area contributed by atoms with Crippen LogP contribution in [0, 0.1) is 11.3 Å². The van der Waals surface area contributed by atoms with Gasteiger partial charge in [0, 0.05) is 59.0 Å². The maximum atomic E-state index is 14.0. The van der Waals surface area contributed by atoms with Crippen molar-refractivity contribution in [3.05, 3.63) is 52.3 Å².